The molecule has 0 unspecified atom stereocenters. The summed E-state index contributed by atoms with van der Waals surface area (Å²) in [5.74, 6) is -0.675. The molecule has 1 amide bonds. The molecule has 0 radical (unpaired) electrons. The van der Waals surface area contributed by atoms with Crippen LogP contribution in [-0.2, 0) is 4.79 Å². The van der Waals surface area contributed by atoms with Gasteiger partial charge in [0.25, 0.3) is 5.91 Å². The molecule has 0 atom stereocenters. The molecule has 1 aromatic carbocycles. The SMILES string of the molecule is COc1ccc2cc(C(=O)N(CC(=O)O)C(C)C)c(C)nc2c1. The lowest BCUT2D eigenvalue weighted by Gasteiger charge is -2.25. The first-order chi connectivity index (χ1) is 10.8. The zero-order chi connectivity index (χ0) is 17.1. The van der Waals surface area contributed by atoms with E-state index in [4.69, 9.17) is 9.84 Å². The largest absolute Gasteiger partial charge is 0.497 e. The highest BCUT2D eigenvalue weighted by Gasteiger charge is 2.23. The van der Waals surface area contributed by atoms with E-state index in [0.29, 0.717) is 17.0 Å². The van der Waals surface area contributed by atoms with E-state index in [1.165, 1.54) is 4.90 Å². The third-order valence-corrected chi connectivity index (χ3v) is 3.64. The highest BCUT2D eigenvalue weighted by atomic mass is 16.5. The number of fused-ring (bicyclic) bond motifs is 1. The maximum absolute atomic E-state index is 12.7. The molecule has 0 bridgehead atoms. The third-order valence-electron chi connectivity index (χ3n) is 3.64. The average molecular weight is 316 g/mol. The monoisotopic (exact) mass is 316 g/mol. The van der Waals surface area contributed by atoms with Crippen LogP contribution in [0.3, 0.4) is 0 Å². The Balaban J connectivity index is 2.47. The number of nitrogens with zero attached hydrogens (tertiary/aromatic N) is 2. The summed E-state index contributed by atoms with van der Waals surface area (Å²) in [6.45, 7) is 4.98. The van der Waals surface area contributed by atoms with Crippen LogP contribution < -0.4 is 4.74 Å². The summed E-state index contributed by atoms with van der Waals surface area (Å²) in [5, 5.41) is 9.81. The van der Waals surface area contributed by atoms with Gasteiger partial charge >= 0.3 is 5.97 Å². The first-order valence-corrected chi connectivity index (χ1v) is 7.31. The van der Waals surface area contributed by atoms with Gasteiger partial charge in [-0.2, -0.15) is 0 Å². The maximum Gasteiger partial charge on any atom is 0.323 e. The van der Waals surface area contributed by atoms with Crippen LogP contribution in [0.25, 0.3) is 10.9 Å². The number of carboxylic acid groups (broad SMARTS) is 1. The molecule has 0 aliphatic carbocycles. The second kappa shape index (κ2) is 6.64. The number of ether oxygens (including phenoxy) is 1. The lowest BCUT2D eigenvalue weighted by atomic mass is 10.1. The number of hydrogen-bond donors (Lipinski definition) is 1. The molecule has 2 rings (SSSR count). The number of benzene rings is 1. The maximum atomic E-state index is 12.7. The van der Waals surface area contributed by atoms with Gasteiger partial charge in [0, 0.05) is 17.5 Å². The number of carbonyl (C=O) groups excluding carboxylic acids is 1. The lowest BCUT2D eigenvalue weighted by Crippen LogP contribution is -2.41. The van der Waals surface area contributed by atoms with E-state index in [0.717, 1.165) is 10.9 Å². The zero-order valence-corrected chi connectivity index (χ0v) is 13.7. The first-order valence-electron chi connectivity index (χ1n) is 7.31. The predicted molar refractivity (Wildman–Crippen MR) is 86.8 cm³/mol. The number of aryl methyl sites for hydroxylation is 1. The van der Waals surface area contributed by atoms with Gasteiger partial charge in [-0.3, -0.25) is 14.6 Å². The summed E-state index contributed by atoms with van der Waals surface area (Å²) in [7, 11) is 1.58. The smallest absolute Gasteiger partial charge is 0.323 e. The molecule has 0 saturated carbocycles. The number of hydrogen-bond acceptors (Lipinski definition) is 4. The Morgan fingerprint density at radius 2 is 2.00 bits per heavy atom. The molecule has 0 aliphatic heterocycles. The Morgan fingerprint density at radius 3 is 2.57 bits per heavy atom. The molecule has 2 aromatic rings. The van der Waals surface area contributed by atoms with E-state index in [-0.39, 0.29) is 18.5 Å². The summed E-state index contributed by atoms with van der Waals surface area (Å²) in [5.41, 5.74) is 1.71. The number of amides is 1. The number of aliphatic carboxylic acids is 1. The van der Waals surface area contributed by atoms with E-state index in [1.54, 1.807) is 46.1 Å². The van der Waals surface area contributed by atoms with Gasteiger partial charge in [0.05, 0.1) is 23.9 Å². The summed E-state index contributed by atoms with van der Waals surface area (Å²) < 4.78 is 5.17. The van der Waals surface area contributed by atoms with Crippen molar-refractivity contribution < 1.29 is 19.4 Å². The number of carbonyl (C=O) groups is 2. The molecular weight excluding hydrogens is 296 g/mol. The average Bonchev–Trinajstić information content (AvgIpc) is 2.50. The van der Waals surface area contributed by atoms with E-state index in [1.807, 2.05) is 6.07 Å². The van der Waals surface area contributed by atoms with Gasteiger partial charge in [-0.1, -0.05) is 0 Å². The normalized spacial score (nSPS) is 10.8. The van der Waals surface area contributed by atoms with Crippen molar-refractivity contribution in [2.45, 2.75) is 26.8 Å². The van der Waals surface area contributed by atoms with Crippen LogP contribution in [0.4, 0.5) is 0 Å². The molecule has 1 N–H and O–H groups in total. The fraction of sp³-hybridized carbons (Fsp3) is 0.353. The standard InChI is InChI=1S/C17H20N2O4/c1-10(2)19(9-16(20)21)17(22)14-7-12-5-6-13(23-4)8-15(12)18-11(14)3/h5-8,10H,9H2,1-4H3,(H,20,21). The third kappa shape index (κ3) is 3.59. The van der Waals surface area contributed by atoms with Gasteiger partial charge in [0.2, 0.25) is 0 Å². The van der Waals surface area contributed by atoms with Crippen LogP contribution in [0, 0.1) is 6.92 Å². The van der Waals surface area contributed by atoms with Crippen molar-refractivity contribution in [3.05, 3.63) is 35.5 Å². The Kier molecular flexibility index (Phi) is 4.83. The van der Waals surface area contributed by atoms with Gasteiger partial charge in [-0.15, -0.1) is 0 Å². The van der Waals surface area contributed by atoms with Crippen molar-refractivity contribution in [2.75, 3.05) is 13.7 Å². The van der Waals surface area contributed by atoms with Crippen LogP contribution in [0.5, 0.6) is 5.75 Å². The highest BCUT2D eigenvalue weighted by Crippen LogP contribution is 2.23. The van der Waals surface area contributed by atoms with Crippen molar-refractivity contribution in [1.29, 1.82) is 0 Å². The predicted octanol–water partition coefficient (Wildman–Crippen LogP) is 2.49. The zero-order valence-electron chi connectivity index (χ0n) is 13.7. The minimum Gasteiger partial charge on any atom is -0.497 e. The topological polar surface area (TPSA) is 79.7 Å². The highest BCUT2D eigenvalue weighted by molar-refractivity contribution is 6.00. The molecule has 122 valence electrons. The van der Waals surface area contributed by atoms with Crippen molar-refractivity contribution in [3.63, 3.8) is 0 Å². The Morgan fingerprint density at radius 1 is 1.30 bits per heavy atom. The van der Waals surface area contributed by atoms with Crippen LogP contribution in [0.1, 0.15) is 29.9 Å². The molecule has 23 heavy (non-hydrogen) atoms. The van der Waals surface area contributed by atoms with Crippen LogP contribution in [0.2, 0.25) is 0 Å². The van der Waals surface area contributed by atoms with Crippen LogP contribution >= 0.6 is 0 Å². The Bertz CT molecular complexity index is 756. The molecule has 0 saturated heterocycles. The molecular formula is C17H20N2O4. The minimum atomic E-state index is -1.04. The van der Waals surface area contributed by atoms with E-state index in [2.05, 4.69) is 4.98 Å². The van der Waals surface area contributed by atoms with Crippen molar-refractivity contribution in [1.82, 2.24) is 9.88 Å². The summed E-state index contributed by atoms with van der Waals surface area (Å²) in [6, 6.07) is 6.95. The van der Waals surface area contributed by atoms with Gasteiger partial charge < -0.3 is 14.7 Å². The molecule has 0 fully saturated rings. The van der Waals surface area contributed by atoms with Crippen molar-refractivity contribution >= 4 is 22.8 Å². The number of aromatic nitrogens is 1. The van der Waals surface area contributed by atoms with Gasteiger partial charge in [0.1, 0.15) is 12.3 Å². The molecule has 0 spiro atoms. The van der Waals surface area contributed by atoms with E-state index >= 15 is 0 Å². The van der Waals surface area contributed by atoms with Gasteiger partial charge in [0.15, 0.2) is 0 Å². The number of pyridine rings is 1. The van der Waals surface area contributed by atoms with Crippen molar-refractivity contribution in [3.8, 4) is 5.75 Å². The number of carboxylic acids is 1. The fourth-order valence-electron chi connectivity index (χ4n) is 2.38. The van der Waals surface area contributed by atoms with Gasteiger partial charge in [-0.25, -0.2) is 0 Å². The molecule has 1 aromatic heterocycles. The Hall–Kier alpha value is -2.63. The number of rotatable bonds is 5. The molecule has 0 aliphatic rings. The number of methoxy groups -OCH3 is 1. The quantitative estimate of drug-likeness (QED) is 0.916. The van der Waals surface area contributed by atoms with Gasteiger partial charge in [-0.05, 0) is 39.0 Å². The molecule has 6 nitrogen and oxygen atoms in total. The lowest BCUT2D eigenvalue weighted by molar-refractivity contribution is -0.138. The second-order valence-corrected chi connectivity index (χ2v) is 5.60. The summed E-state index contributed by atoms with van der Waals surface area (Å²) in [6.07, 6.45) is 0. The first kappa shape index (κ1) is 16.7. The van der Waals surface area contributed by atoms with E-state index in [9.17, 15) is 9.59 Å². The summed E-state index contributed by atoms with van der Waals surface area (Å²) >= 11 is 0. The molecule has 1 heterocycles. The summed E-state index contributed by atoms with van der Waals surface area (Å²) in [4.78, 5) is 29.5. The van der Waals surface area contributed by atoms with Crippen LogP contribution in [0.15, 0.2) is 24.3 Å². The van der Waals surface area contributed by atoms with E-state index < -0.39 is 5.97 Å². The van der Waals surface area contributed by atoms with Crippen LogP contribution in [-0.4, -0.2) is 46.6 Å². The minimum absolute atomic E-state index is 0.218. The fourth-order valence-corrected chi connectivity index (χ4v) is 2.38. The second-order valence-electron chi connectivity index (χ2n) is 5.60. The Labute approximate surface area is 134 Å². The molecule has 6 heteroatoms. The van der Waals surface area contributed by atoms with Crippen molar-refractivity contribution in [2.24, 2.45) is 0 Å².